The van der Waals surface area contributed by atoms with Gasteiger partial charge in [-0.25, -0.2) is 8.42 Å². The molecule has 0 atom stereocenters. The van der Waals surface area contributed by atoms with Crippen LogP contribution in [0.15, 0.2) is 22.5 Å². The van der Waals surface area contributed by atoms with Crippen LogP contribution < -0.4 is 19.1 Å². The molecule has 1 aliphatic heterocycles. The molecule has 1 amide bonds. The third-order valence-corrected chi connectivity index (χ3v) is 7.76. The number of amides is 1. The highest BCUT2D eigenvalue weighted by Crippen LogP contribution is 2.34. The Bertz CT molecular complexity index is 1010. The van der Waals surface area contributed by atoms with Gasteiger partial charge in [0.15, 0.2) is 15.8 Å². The largest absolute Gasteiger partial charge is 0.486 e. The quantitative estimate of drug-likeness (QED) is 0.402. The van der Waals surface area contributed by atoms with Crippen molar-refractivity contribution < 1.29 is 22.7 Å². The maximum absolute atomic E-state index is 12.3. The first-order valence-electron chi connectivity index (χ1n) is 9.86. The summed E-state index contributed by atoms with van der Waals surface area (Å²) < 4.78 is 37.7. The molecule has 0 radical (unpaired) electrons. The van der Waals surface area contributed by atoms with E-state index < -0.39 is 10.0 Å². The summed E-state index contributed by atoms with van der Waals surface area (Å²) in [6, 6.07) is 5.01. The van der Waals surface area contributed by atoms with Crippen LogP contribution in [0.3, 0.4) is 0 Å². The van der Waals surface area contributed by atoms with Crippen LogP contribution >= 0.6 is 23.1 Å². The third kappa shape index (κ3) is 6.97. The topological polar surface area (TPSA) is 111 Å². The van der Waals surface area contributed by atoms with Crippen LogP contribution in [-0.4, -0.2) is 56.3 Å². The maximum Gasteiger partial charge on any atom is 0.232 e. The minimum Gasteiger partial charge on any atom is -0.486 e. The van der Waals surface area contributed by atoms with E-state index in [1.807, 2.05) is 0 Å². The number of sulfonamides is 1. The summed E-state index contributed by atoms with van der Waals surface area (Å²) in [5.74, 6) is 2.35. The second-order valence-electron chi connectivity index (χ2n) is 7.39. The fourth-order valence-electron chi connectivity index (χ4n) is 2.80. The molecule has 0 aliphatic carbocycles. The Balaban J connectivity index is 1.55. The van der Waals surface area contributed by atoms with Crippen LogP contribution in [0.25, 0.3) is 0 Å². The predicted molar refractivity (Wildman–Crippen MR) is 123 cm³/mol. The third-order valence-electron chi connectivity index (χ3n) is 4.17. The van der Waals surface area contributed by atoms with Crippen molar-refractivity contribution in [3.63, 3.8) is 0 Å². The Morgan fingerprint density at radius 3 is 2.71 bits per heavy atom. The van der Waals surface area contributed by atoms with E-state index >= 15 is 0 Å². The molecule has 2 aromatic rings. The van der Waals surface area contributed by atoms with Crippen LogP contribution in [0.4, 0.5) is 10.8 Å². The summed E-state index contributed by atoms with van der Waals surface area (Å²) in [4.78, 5) is 12.3. The average molecular weight is 487 g/mol. The van der Waals surface area contributed by atoms with Crippen LogP contribution in [0, 0.1) is 5.92 Å². The first kappa shape index (κ1) is 23.6. The van der Waals surface area contributed by atoms with Crippen molar-refractivity contribution >= 4 is 49.8 Å². The molecule has 0 bridgehead atoms. The van der Waals surface area contributed by atoms with E-state index in [-0.39, 0.29) is 18.9 Å². The highest BCUT2D eigenvalue weighted by molar-refractivity contribution is 8.01. The molecule has 1 aromatic carbocycles. The van der Waals surface area contributed by atoms with Gasteiger partial charge in [0.25, 0.3) is 0 Å². The molecule has 0 unspecified atom stereocenters. The zero-order valence-corrected chi connectivity index (χ0v) is 20.1. The molecule has 12 heteroatoms. The Kier molecular flexibility index (Phi) is 8.00. The molecule has 31 heavy (non-hydrogen) atoms. The summed E-state index contributed by atoms with van der Waals surface area (Å²) in [6.07, 6.45) is 1.65. The second-order valence-corrected chi connectivity index (χ2v) is 11.5. The lowest BCUT2D eigenvalue weighted by Gasteiger charge is -2.25. The van der Waals surface area contributed by atoms with Crippen LogP contribution in [0.1, 0.15) is 26.7 Å². The van der Waals surface area contributed by atoms with Gasteiger partial charge in [0, 0.05) is 24.8 Å². The number of benzene rings is 1. The van der Waals surface area contributed by atoms with Crippen molar-refractivity contribution in [2.24, 2.45) is 5.92 Å². The van der Waals surface area contributed by atoms with Gasteiger partial charge in [-0.1, -0.05) is 36.9 Å². The van der Waals surface area contributed by atoms with E-state index in [1.165, 1.54) is 15.6 Å². The van der Waals surface area contributed by atoms with E-state index in [9.17, 15) is 13.2 Å². The van der Waals surface area contributed by atoms with Gasteiger partial charge in [-0.2, -0.15) is 0 Å². The van der Waals surface area contributed by atoms with Crippen LogP contribution in [0.2, 0.25) is 0 Å². The Hall–Kier alpha value is -2.05. The molecule has 0 spiro atoms. The fraction of sp³-hybridized carbons (Fsp3) is 0.526. The molecule has 0 fully saturated rings. The Morgan fingerprint density at radius 1 is 1.26 bits per heavy atom. The number of hydrogen-bond acceptors (Lipinski definition) is 9. The molecular weight excluding hydrogens is 460 g/mol. The molecule has 1 N–H and O–H groups in total. The number of ether oxygens (including phenoxy) is 2. The van der Waals surface area contributed by atoms with E-state index in [0.717, 1.165) is 16.3 Å². The minimum absolute atomic E-state index is 0.157. The first-order chi connectivity index (χ1) is 14.7. The number of carbonyl (C=O) groups is 1. The lowest BCUT2D eigenvalue weighted by Crippen LogP contribution is -2.31. The lowest BCUT2D eigenvalue weighted by molar-refractivity contribution is -0.116. The van der Waals surface area contributed by atoms with Crippen molar-refractivity contribution in [3.05, 3.63) is 18.2 Å². The molecule has 9 nitrogen and oxygen atoms in total. The average Bonchev–Trinajstić information content (AvgIpc) is 3.15. The summed E-state index contributed by atoms with van der Waals surface area (Å²) in [7, 11) is -3.53. The zero-order valence-electron chi connectivity index (χ0n) is 17.7. The van der Waals surface area contributed by atoms with E-state index in [2.05, 4.69) is 29.4 Å². The first-order valence-corrected chi connectivity index (χ1v) is 13.5. The van der Waals surface area contributed by atoms with Crippen LogP contribution in [-0.2, 0) is 14.8 Å². The molecule has 0 saturated carbocycles. The summed E-state index contributed by atoms with van der Waals surface area (Å²) in [5.41, 5.74) is 0.475. The number of hydrogen-bond donors (Lipinski definition) is 1. The number of aromatic nitrogens is 2. The fourth-order valence-corrected chi connectivity index (χ4v) is 5.50. The minimum atomic E-state index is -3.53. The highest BCUT2D eigenvalue weighted by atomic mass is 32.2. The summed E-state index contributed by atoms with van der Waals surface area (Å²) >= 11 is 2.94. The molecule has 3 rings (SSSR count). The number of nitrogens with zero attached hydrogens (tertiary/aromatic N) is 3. The number of nitrogens with one attached hydrogen (secondary N) is 1. The van der Waals surface area contributed by atoms with E-state index in [0.29, 0.717) is 47.9 Å². The molecule has 1 aromatic heterocycles. The number of anilines is 2. The van der Waals surface area contributed by atoms with Gasteiger partial charge >= 0.3 is 0 Å². The molecule has 1 aliphatic rings. The molecule has 170 valence electrons. The Labute approximate surface area is 190 Å². The van der Waals surface area contributed by atoms with Crippen molar-refractivity contribution in [1.82, 2.24) is 10.2 Å². The Morgan fingerprint density at radius 2 is 2.00 bits per heavy atom. The van der Waals surface area contributed by atoms with E-state index in [4.69, 9.17) is 9.47 Å². The smallest absolute Gasteiger partial charge is 0.232 e. The van der Waals surface area contributed by atoms with Crippen molar-refractivity contribution in [2.75, 3.05) is 41.4 Å². The lowest BCUT2D eigenvalue weighted by atomic mass is 10.2. The predicted octanol–water partition coefficient (Wildman–Crippen LogP) is 3.24. The standard InChI is InChI=1S/C19H26N4O5S3/c1-13(2)12-29-19-22-21-18(30-19)20-17(24)5-4-8-23(31(3,25)26)14-6-7-15-16(11-14)28-10-9-27-15/h6-7,11,13H,4-5,8-10,12H2,1-3H3,(H,20,21,24). The van der Waals surface area contributed by atoms with Crippen molar-refractivity contribution in [1.29, 1.82) is 0 Å². The normalized spacial score (nSPS) is 13.3. The van der Waals surface area contributed by atoms with Gasteiger partial charge in [0.05, 0.1) is 11.9 Å². The number of thioether (sulfide) groups is 1. The van der Waals surface area contributed by atoms with Crippen LogP contribution in [0.5, 0.6) is 11.5 Å². The molecule has 2 heterocycles. The summed E-state index contributed by atoms with van der Waals surface area (Å²) in [5, 5.41) is 11.2. The van der Waals surface area contributed by atoms with E-state index in [1.54, 1.807) is 30.0 Å². The van der Waals surface area contributed by atoms with Gasteiger partial charge in [-0.3, -0.25) is 9.10 Å². The molecular formula is C19H26N4O5S3. The number of fused-ring (bicyclic) bond motifs is 1. The number of carbonyl (C=O) groups excluding carboxylic acids is 1. The number of rotatable bonds is 10. The second kappa shape index (κ2) is 10.5. The van der Waals surface area contributed by atoms with Crippen molar-refractivity contribution in [3.8, 4) is 11.5 Å². The highest BCUT2D eigenvalue weighted by Gasteiger charge is 2.21. The van der Waals surface area contributed by atoms with Gasteiger partial charge in [0.2, 0.25) is 21.1 Å². The molecule has 0 saturated heterocycles. The zero-order chi connectivity index (χ0) is 22.4. The monoisotopic (exact) mass is 486 g/mol. The van der Waals surface area contributed by atoms with Crippen molar-refractivity contribution in [2.45, 2.75) is 31.0 Å². The maximum atomic E-state index is 12.3. The van der Waals surface area contributed by atoms with Gasteiger partial charge in [-0.15, -0.1) is 10.2 Å². The van der Waals surface area contributed by atoms with Gasteiger partial charge in [0.1, 0.15) is 13.2 Å². The van der Waals surface area contributed by atoms with Gasteiger partial charge in [-0.05, 0) is 24.5 Å². The SMILES string of the molecule is CC(C)CSc1nnc(NC(=O)CCCN(c2ccc3c(c2)OCCO3)S(C)(=O)=O)s1. The summed E-state index contributed by atoms with van der Waals surface area (Å²) in [6.45, 7) is 5.29. The van der Waals surface area contributed by atoms with Gasteiger partial charge < -0.3 is 14.8 Å².